The fraction of sp³-hybridized carbons (Fsp3) is 0.423. The summed E-state index contributed by atoms with van der Waals surface area (Å²) in [5.41, 5.74) is 10.2. The molecule has 0 amide bonds. The van der Waals surface area contributed by atoms with Crippen LogP contribution < -0.4 is 0 Å². The Morgan fingerprint density at radius 1 is 0.926 bits per heavy atom. The van der Waals surface area contributed by atoms with Gasteiger partial charge in [-0.3, -0.25) is 6.08 Å². The molecule has 1 unspecified atom stereocenters. The Labute approximate surface area is 188 Å². The van der Waals surface area contributed by atoms with Crippen molar-refractivity contribution in [2.24, 2.45) is 0 Å². The second kappa shape index (κ2) is 13.4. The maximum absolute atomic E-state index is 3.46. The molecular formula is C26H38Hf. The summed E-state index contributed by atoms with van der Waals surface area (Å²) in [6, 6.07) is 8.66. The van der Waals surface area contributed by atoms with E-state index in [2.05, 4.69) is 78.0 Å². The van der Waals surface area contributed by atoms with Gasteiger partial charge in [0.15, 0.2) is 0 Å². The molecule has 0 bridgehead atoms. The summed E-state index contributed by atoms with van der Waals surface area (Å²) in [5.74, 6) is 0.567. The van der Waals surface area contributed by atoms with E-state index in [1.807, 2.05) is 0 Å². The summed E-state index contributed by atoms with van der Waals surface area (Å²) >= 11 is 0. The van der Waals surface area contributed by atoms with Crippen molar-refractivity contribution < 1.29 is 25.8 Å². The van der Waals surface area contributed by atoms with Gasteiger partial charge >= 0.3 is 25.8 Å². The molecule has 0 aromatic heterocycles. The molecule has 0 heterocycles. The van der Waals surface area contributed by atoms with Crippen molar-refractivity contribution in [1.82, 2.24) is 0 Å². The molecule has 0 saturated carbocycles. The quantitative estimate of drug-likeness (QED) is 0.214. The smallest absolute Gasteiger partial charge is 0.358 e. The minimum absolute atomic E-state index is 0. The predicted molar refractivity (Wildman–Crippen MR) is 120 cm³/mol. The fourth-order valence-electron chi connectivity index (χ4n) is 3.48. The molecule has 146 valence electrons. The Morgan fingerprint density at radius 3 is 1.96 bits per heavy atom. The molecule has 0 fully saturated rings. The van der Waals surface area contributed by atoms with Crippen molar-refractivity contribution >= 4 is 6.08 Å². The number of hydrogen-bond acceptors (Lipinski definition) is 0. The van der Waals surface area contributed by atoms with Gasteiger partial charge in [-0.05, 0) is 0 Å². The van der Waals surface area contributed by atoms with Crippen LogP contribution in [0.5, 0.6) is 0 Å². The maximum atomic E-state index is 3.46. The minimum Gasteiger partial charge on any atom is -0.358 e. The fourth-order valence-corrected chi connectivity index (χ4v) is 3.48. The largest absolute Gasteiger partial charge is 4.00 e. The molecule has 2 aromatic carbocycles. The topological polar surface area (TPSA) is 0 Å². The summed E-state index contributed by atoms with van der Waals surface area (Å²) in [5, 5.41) is 0. The van der Waals surface area contributed by atoms with Crippen LogP contribution in [0.1, 0.15) is 77.5 Å². The third-order valence-electron chi connectivity index (χ3n) is 5.72. The second-order valence-electron chi connectivity index (χ2n) is 7.11. The van der Waals surface area contributed by atoms with Crippen molar-refractivity contribution in [3.05, 3.63) is 84.1 Å². The van der Waals surface area contributed by atoms with Gasteiger partial charge < -0.3 is 14.9 Å². The van der Waals surface area contributed by atoms with Gasteiger partial charge in [-0.1, -0.05) is 91.3 Å². The number of hydrogen-bond donors (Lipinski definition) is 0. The van der Waals surface area contributed by atoms with Gasteiger partial charge in [0.2, 0.25) is 0 Å². The van der Waals surface area contributed by atoms with E-state index in [4.69, 9.17) is 0 Å². The van der Waals surface area contributed by atoms with Crippen molar-refractivity contribution in [1.29, 1.82) is 0 Å². The van der Waals surface area contributed by atoms with Crippen LogP contribution in [0.4, 0.5) is 0 Å². The first-order valence-corrected chi connectivity index (χ1v) is 9.35. The number of fused-ring (bicyclic) bond motifs is 1. The van der Waals surface area contributed by atoms with Crippen LogP contribution in [-0.2, 0) is 25.8 Å². The van der Waals surface area contributed by atoms with Crippen LogP contribution in [0.3, 0.4) is 0 Å². The summed E-state index contributed by atoms with van der Waals surface area (Å²) < 4.78 is 0. The van der Waals surface area contributed by atoms with E-state index in [1.54, 1.807) is 0 Å². The molecule has 1 aliphatic carbocycles. The Kier molecular flexibility index (Phi) is 14.1. The van der Waals surface area contributed by atoms with Crippen LogP contribution in [0.2, 0.25) is 0 Å². The van der Waals surface area contributed by atoms with Gasteiger partial charge in [0.05, 0.1) is 0 Å². The molecule has 0 N–H and O–H groups in total. The minimum atomic E-state index is 0. The van der Waals surface area contributed by atoms with Crippen molar-refractivity contribution in [2.75, 3.05) is 0 Å². The molecule has 1 atom stereocenters. The van der Waals surface area contributed by atoms with Crippen molar-refractivity contribution in [3.8, 4) is 0 Å². The molecule has 0 aliphatic heterocycles. The van der Waals surface area contributed by atoms with Gasteiger partial charge in [-0.2, -0.15) is 33.4 Å². The molecule has 0 saturated heterocycles. The molecular weight excluding hydrogens is 491 g/mol. The van der Waals surface area contributed by atoms with E-state index in [1.165, 1.54) is 64.6 Å². The zero-order valence-corrected chi connectivity index (χ0v) is 22.4. The summed E-state index contributed by atoms with van der Waals surface area (Å²) in [4.78, 5) is 0. The Morgan fingerprint density at radius 2 is 1.48 bits per heavy atom. The molecule has 2 aromatic rings. The van der Waals surface area contributed by atoms with Crippen LogP contribution in [0, 0.1) is 55.5 Å². The average Bonchev–Trinajstić information content (AvgIpc) is 3.08. The van der Waals surface area contributed by atoms with E-state index < -0.39 is 0 Å². The number of rotatable bonds is 4. The van der Waals surface area contributed by atoms with Crippen LogP contribution in [0.15, 0.2) is 24.3 Å². The van der Waals surface area contributed by atoms with Gasteiger partial charge in [0.25, 0.3) is 0 Å². The normalized spacial score (nSPS) is 13.5. The average molecular weight is 529 g/mol. The molecule has 0 spiro atoms. The third kappa shape index (κ3) is 6.93. The zero-order valence-electron chi connectivity index (χ0n) is 18.8. The molecule has 1 aliphatic rings. The third-order valence-corrected chi connectivity index (χ3v) is 5.72. The Bertz CT molecular complexity index is 623. The van der Waals surface area contributed by atoms with Crippen molar-refractivity contribution in [3.63, 3.8) is 0 Å². The first kappa shape index (κ1) is 28.4. The Balaban J connectivity index is 0. The van der Waals surface area contributed by atoms with E-state index in [0.717, 1.165) is 0 Å². The molecule has 0 radical (unpaired) electrons. The first-order valence-electron chi connectivity index (χ1n) is 9.35. The van der Waals surface area contributed by atoms with Crippen LogP contribution in [0.25, 0.3) is 6.08 Å². The van der Waals surface area contributed by atoms with E-state index in [9.17, 15) is 0 Å². The van der Waals surface area contributed by atoms with Gasteiger partial charge in [0, 0.05) is 0 Å². The van der Waals surface area contributed by atoms with Gasteiger partial charge in [0.1, 0.15) is 0 Å². The van der Waals surface area contributed by atoms with Crippen LogP contribution >= 0.6 is 0 Å². The molecule has 27 heavy (non-hydrogen) atoms. The Hall–Kier alpha value is -0.820. The molecule has 1 heteroatoms. The summed E-state index contributed by atoms with van der Waals surface area (Å²) in [7, 11) is 0. The second-order valence-corrected chi connectivity index (χ2v) is 7.11. The van der Waals surface area contributed by atoms with Gasteiger partial charge in [-0.25, -0.2) is 6.08 Å². The van der Waals surface area contributed by atoms with Crippen molar-refractivity contribution in [2.45, 2.75) is 73.1 Å². The maximum Gasteiger partial charge on any atom is 4.00 e. The number of benzene rings is 1. The van der Waals surface area contributed by atoms with E-state index >= 15 is 0 Å². The monoisotopic (exact) mass is 530 g/mol. The molecule has 3 rings (SSSR count). The zero-order chi connectivity index (χ0) is 17.7. The van der Waals surface area contributed by atoms with E-state index in [-0.39, 0.29) is 40.7 Å². The first-order chi connectivity index (χ1) is 11.5. The molecule has 0 nitrogen and oxygen atoms in total. The van der Waals surface area contributed by atoms with E-state index in [0.29, 0.717) is 5.92 Å². The number of unbranched alkanes of at least 4 members (excludes halogenated alkanes) is 2. The standard InChI is InChI=1S/C14H17.C10H15.2CH3.Hf/c1-2-3-4-7-12-10-11-13-8-5-6-9-14(12)13;1-6-7(2)9(4)10(5)8(6)3;;;/h5-6,8-9,11-12H,2-4,7H2,1H3;1-5H3;2*1H3;/q4*-1;+4. The predicted octanol–water partition coefficient (Wildman–Crippen LogP) is 8.03. The summed E-state index contributed by atoms with van der Waals surface area (Å²) in [6.07, 6.45) is 10.8. The van der Waals surface area contributed by atoms with Gasteiger partial charge in [-0.15, -0.1) is 11.6 Å². The van der Waals surface area contributed by atoms with Crippen LogP contribution in [-0.4, -0.2) is 0 Å². The number of allylic oxidation sites excluding steroid dienone is 1. The summed E-state index contributed by atoms with van der Waals surface area (Å²) in [6.45, 7) is 13.2. The SMILES string of the molecule is CCCCCC1[C-]=Cc2ccccc21.Cc1c(C)c(C)[c-](C)c1C.[CH3-].[CH3-].[Hf+4].